The van der Waals surface area contributed by atoms with E-state index in [9.17, 15) is 14.4 Å². The van der Waals surface area contributed by atoms with E-state index in [-0.39, 0.29) is 11.8 Å². The van der Waals surface area contributed by atoms with E-state index < -0.39 is 5.97 Å². The number of carbonyl (C=O) groups excluding carboxylic acids is 3. The third-order valence-electron chi connectivity index (χ3n) is 5.72. The zero-order valence-electron chi connectivity index (χ0n) is 18.2. The van der Waals surface area contributed by atoms with Gasteiger partial charge in [-0.3, -0.25) is 14.5 Å². The summed E-state index contributed by atoms with van der Waals surface area (Å²) in [6.07, 6.45) is 3.84. The van der Waals surface area contributed by atoms with Crippen molar-refractivity contribution in [3.8, 4) is 5.75 Å². The number of hydrogen-bond acceptors (Lipinski definition) is 5. The molecular weight excluding hydrogens is 428 g/mol. The van der Waals surface area contributed by atoms with Crippen molar-refractivity contribution in [1.29, 1.82) is 0 Å². The van der Waals surface area contributed by atoms with Gasteiger partial charge in [0.25, 0.3) is 11.8 Å². The molecule has 0 unspecified atom stereocenters. The molecule has 0 aliphatic carbocycles. The molecule has 0 fully saturated rings. The van der Waals surface area contributed by atoms with Gasteiger partial charge in [0.15, 0.2) is 0 Å². The topological polar surface area (TPSA) is 76.6 Å². The first-order valence-corrected chi connectivity index (χ1v) is 11.0. The van der Waals surface area contributed by atoms with Gasteiger partial charge in [-0.2, -0.15) is 0 Å². The molecule has 3 aromatic carbocycles. The minimum Gasteiger partial charge on any atom is -0.423 e. The van der Waals surface area contributed by atoms with Gasteiger partial charge in [-0.15, -0.1) is 5.73 Å². The van der Waals surface area contributed by atoms with Crippen LogP contribution in [0.25, 0.3) is 21.8 Å². The number of benzene rings is 3. The molecule has 0 saturated carbocycles. The van der Waals surface area contributed by atoms with Gasteiger partial charge in [0.2, 0.25) is 0 Å². The van der Waals surface area contributed by atoms with Crippen molar-refractivity contribution in [2.24, 2.45) is 0 Å². The fraction of sp³-hybridized carbons (Fsp3) is 0.107. The van der Waals surface area contributed by atoms with Crippen molar-refractivity contribution in [2.75, 3.05) is 6.54 Å². The fourth-order valence-electron chi connectivity index (χ4n) is 4.05. The molecule has 0 radical (unpaired) electrons. The Hall–Kier alpha value is -4.54. The second-order valence-electron chi connectivity index (χ2n) is 7.94. The number of carbonyl (C=O) groups is 3. The summed E-state index contributed by atoms with van der Waals surface area (Å²) >= 11 is 0. The van der Waals surface area contributed by atoms with Crippen molar-refractivity contribution in [3.05, 3.63) is 102 Å². The number of nitrogens with zero attached hydrogens (tertiary/aromatic N) is 2. The number of esters is 1. The number of amides is 2. The van der Waals surface area contributed by atoms with E-state index in [0.29, 0.717) is 30.7 Å². The van der Waals surface area contributed by atoms with Crippen LogP contribution in [-0.2, 0) is 16.0 Å². The Morgan fingerprint density at radius 2 is 1.41 bits per heavy atom. The summed E-state index contributed by atoms with van der Waals surface area (Å²) in [5.41, 5.74) is 5.52. The Kier molecular flexibility index (Phi) is 5.73. The Bertz CT molecular complexity index is 1420. The quantitative estimate of drug-likeness (QED) is 0.141. The Morgan fingerprint density at radius 3 is 2.03 bits per heavy atom. The number of aryl methyl sites for hydroxylation is 1. The van der Waals surface area contributed by atoms with Crippen LogP contribution in [0.5, 0.6) is 5.75 Å². The standard InChI is InChI=1S/C28H20N2O4/c31-25-12-5-13-26(32)30(25)18-6-7-19-14-16-20(17-15-19)34-28(33)27-21-8-1-3-10-23(21)29-24-11-4-2-9-22(24)27/h1-4,8-17H,6-7,18H2. The maximum Gasteiger partial charge on any atom is 0.344 e. The summed E-state index contributed by atoms with van der Waals surface area (Å²) in [4.78, 5) is 42.6. The first-order valence-electron chi connectivity index (χ1n) is 11.0. The number of hydrogen-bond donors (Lipinski definition) is 0. The Labute approximate surface area is 195 Å². The van der Waals surface area contributed by atoms with Crippen LogP contribution < -0.4 is 4.74 Å². The molecule has 6 heteroatoms. The van der Waals surface area contributed by atoms with E-state index in [1.165, 1.54) is 17.1 Å². The van der Waals surface area contributed by atoms with Crippen molar-refractivity contribution in [2.45, 2.75) is 12.8 Å². The van der Waals surface area contributed by atoms with Crippen LogP contribution in [0.15, 0.2) is 90.7 Å². The Morgan fingerprint density at radius 1 is 0.824 bits per heavy atom. The lowest BCUT2D eigenvalue weighted by Gasteiger charge is -2.18. The van der Waals surface area contributed by atoms with Gasteiger partial charge >= 0.3 is 5.97 Å². The van der Waals surface area contributed by atoms with Gasteiger partial charge in [0, 0.05) is 29.5 Å². The smallest absolute Gasteiger partial charge is 0.344 e. The zero-order valence-corrected chi connectivity index (χ0v) is 18.2. The average Bonchev–Trinajstić information content (AvgIpc) is 2.85. The highest BCUT2D eigenvalue weighted by Gasteiger charge is 2.20. The monoisotopic (exact) mass is 448 g/mol. The highest BCUT2D eigenvalue weighted by Crippen LogP contribution is 2.27. The third-order valence-corrected chi connectivity index (χ3v) is 5.72. The van der Waals surface area contributed by atoms with Gasteiger partial charge in [-0.25, -0.2) is 9.78 Å². The van der Waals surface area contributed by atoms with Gasteiger partial charge < -0.3 is 4.74 Å². The molecule has 5 rings (SSSR count). The molecule has 2 heterocycles. The maximum atomic E-state index is 13.2. The first-order chi connectivity index (χ1) is 16.6. The average molecular weight is 448 g/mol. The van der Waals surface area contributed by atoms with Crippen LogP contribution >= 0.6 is 0 Å². The molecule has 6 nitrogen and oxygen atoms in total. The summed E-state index contributed by atoms with van der Waals surface area (Å²) in [7, 11) is 0. The molecule has 166 valence electrons. The SMILES string of the molecule is O=C(Oc1ccc(CCCN2C(=O)C=C=CC2=O)cc1)c1c2ccccc2nc2ccccc12. The molecule has 4 aromatic rings. The van der Waals surface area contributed by atoms with E-state index >= 15 is 0 Å². The number of rotatable bonds is 6. The normalized spacial score (nSPS) is 13.1. The summed E-state index contributed by atoms with van der Waals surface area (Å²) in [5.74, 6) is -0.682. The number of fused-ring (bicyclic) bond motifs is 2. The van der Waals surface area contributed by atoms with Crippen LogP contribution in [-0.4, -0.2) is 34.2 Å². The fourth-order valence-corrected chi connectivity index (χ4v) is 4.05. The van der Waals surface area contributed by atoms with Gasteiger partial charge in [0.1, 0.15) is 5.75 Å². The molecule has 0 bridgehead atoms. The van der Waals surface area contributed by atoms with Crippen LogP contribution in [0.2, 0.25) is 0 Å². The number of aromatic nitrogens is 1. The van der Waals surface area contributed by atoms with E-state index in [2.05, 4.69) is 10.7 Å². The molecule has 0 saturated heterocycles. The molecule has 1 aromatic heterocycles. The van der Waals surface area contributed by atoms with Gasteiger partial charge in [-0.1, -0.05) is 48.5 Å². The van der Waals surface area contributed by atoms with Crippen molar-refractivity contribution in [1.82, 2.24) is 9.88 Å². The highest BCUT2D eigenvalue weighted by atomic mass is 16.5. The number of pyridine rings is 1. The first kappa shape index (κ1) is 21.3. The lowest BCUT2D eigenvalue weighted by molar-refractivity contribution is -0.139. The summed E-state index contributed by atoms with van der Waals surface area (Å²) < 4.78 is 5.72. The maximum absolute atomic E-state index is 13.2. The molecule has 2 amide bonds. The molecule has 1 aliphatic rings. The minimum atomic E-state index is -0.439. The molecule has 0 N–H and O–H groups in total. The van der Waals surface area contributed by atoms with E-state index in [0.717, 1.165) is 27.4 Å². The largest absolute Gasteiger partial charge is 0.423 e. The third kappa shape index (κ3) is 4.22. The number of ether oxygens (including phenoxy) is 1. The lowest BCUT2D eigenvalue weighted by atomic mass is 10.0. The highest BCUT2D eigenvalue weighted by molar-refractivity contribution is 6.14. The molecule has 34 heavy (non-hydrogen) atoms. The van der Waals surface area contributed by atoms with E-state index in [1.807, 2.05) is 60.7 Å². The van der Waals surface area contributed by atoms with Crippen LogP contribution in [0.4, 0.5) is 0 Å². The zero-order chi connectivity index (χ0) is 23.5. The van der Waals surface area contributed by atoms with Crippen molar-refractivity contribution >= 4 is 39.6 Å². The van der Waals surface area contributed by atoms with Gasteiger partial charge in [-0.05, 0) is 42.7 Å². The van der Waals surface area contributed by atoms with E-state index in [1.54, 1.807) is 12.1 Å². The minimum absolute atomic E-state index is 0.339. The van der Waals surface area contributed by atoms with Crippen molar-refractivity contribution < 1.29 is 19.1 Å². The Balaban J connectivity index is 1.29. The summed E-state index contributed by atoms with van der Waals surface area (Å²) in [5, 5.41) is 1.49. The van der Waals surface area contributed by atoms with Crippen LogP contribution in [0.1, 0.15) is 22.3 Å². The second kappa shape index (κ2) is 9.14. The molecule has 0 spiro atoms. The van der Waals surface area contributed by atoms with Crippen LogP contribution in [0, 0.1) is 0 Å². The predicted octanol–water partition coefficient (Wildman–Crippen LogP) is 4.62. The number of para-hydroxylation sites is 2. The van der Waals surface area contributed by atoms with Gasteiger partial charge in [0.05, 0.1) is 16.6 Å². The summed E-state index contributed by atoms with van der Waals surface area (Å²) in [6, 6.07) is 22.3. The molecule has 1 aliphatic heterocycles. The van der Waals surface area contributed by atoms with Crippen LogP contribution in [0.3, 0.4) is 0 Å². The summed E-state index contributed by atoms with van der Waals surface area (Å²) in [6.45, 7) is 0.339. The van der Waals surface area contributed by atoms with Crippen molar-refractivity contribution in [3.63, 3.8) is 0 Å². The van der Waals surface area contributed by atoms with E-state index in [4.69, 9.17) is 4.74 Å². The number of imide groups is 1. The predicted molar refractivity (Wildman–Crippen MR) is 128 cm³/mol. The lowest BCUT2D eigenvalue weighted by Crippen LogP contribution is -2.36. The molecule has 0 atom stereocenters. The molecular formula is C28H20N2O4. The second-order valence-corrected chi connectivity index (χ2v) is 7.94.